The van der Waals surface area contributed by atoms with E-state index in [0.717, 1.165) is 56.3 Å². The second-order valence-corrected chi connectivity index (χ2v) is 6.04. The van der Waals surface area contributed by atoms with Gasteiger partial charge in [-0.15, -0.1) is 24.0 Å². The van der Waals surface area contributed by atoms with Crippen LogP contribution in [0.15, 0.2) is 29.3 Å². The van der Waals surface area contributed by atoms with Crippen molar-refractivity contribution in [1.29, 1.82) is 0 Å². The van der Waals surface area contributed by atoms with Crippen LogP contribution >= 0.6 is 24.0 Å². The molecule has 7 heteroatoms. The Kier molecular flexibility index (Phi) is 11.1. The molecule has 0 atom stereocenters. The molecule has 1 fully saturated rings. The maximum absolute atomic E-state index is 11.6. The fourth-order valence-corrected chi connectivity index (χ4v) is 2.83. The Morgan fingerprint density at radius 1 is 1.31 bits per heavy atom. The molecule has 0 radical (unpaired) electrons. The number of nitrogens with zero attached hydrogens (tertiary/aromatic N) is 2. The minimum Gasteiger partial charge on any atom is -0.494 e. The third-order valence-corrected chi connectivity index (χ3v) is 4.04. The number of nitrogens with one attached hydrogen (secondary N) is 2. The molecule has 0 spiro atoms. The monoisotopic (exact) mass is 474 g/mol. The summed E-state index contributed by atoms with van der Waals surface area (Å²) in [6.45, 7) is 8.63. The van der Waals surface area contributed by atoms with Crippen LogP contribution in [0.25, 0.3) is 0 Å². The zero-order valence-electron chi connectivity index (χ0n) is 15.8. The summed E-state index contributed by atoms with van der Waals surface area (Å²) in [6.07, 6.45) is 2.63. The first-order chi connectivity index (χ1) is 12.2. The van der Waals surface area contributed by atoms with E-state index in [1.807, 2.05) is 30.0 Å². The van der Waals surface area contributed by atoms with Gasteiger partial charge in [0.1, 0.15) is 5.75 Å². The average Bonchev–Trinajstić information content (AvgIpc) is 3.02. The summed E-state index contributed by atoms with van der Waals surface area (Å²) in [7, 11) is 0. The van der Waals surface area contributed by atoms with Crippen LogP contribution in [-0.2, 0) is 11.3 Å². The van der Waals surface area contributed by atoms with Crippen LogP contribution in [0.3, 0.4) is 0 Å². The lowest BCUT2D eigenvalue weighted by atomic mass is 10.2. The molecule has 0 aliphatic carbocycles. The summed E-state index contributed by atoms with van der Waals surface area (Å²) in [4.78, 5) is 18.2. The van der Waals surface area contributed by atoms with Gasteiger partial charge in [0, 0.05) is 32.6 Å². The molecule has 0 bridgehead atoms. The number of guanidine groups is 1. The Bertz CT molecular complexity index is 580. The smallest absolute Gasteiger partial charge is 0.222 e. The fourth-order valence-electron chi connectivity index (χ4n) is 2.83. The van der Waals surface area contributed by atoms with Crippen molar-refractivity contribution >= 4 is 35.8 Å². The second-order valence-electron chi connectivity index (χ2n) is 6.04. The zero-order valence-corrected chi connectivity index (χ0v) is 18.1. The highest BCUT2D eigenvalue weighted by molar-refractivity contribution is 14.0. The van der Waals surface area contributed by atoms with E-state index in [9.17, 15) is 4.79 Å². The van der Waals surface area contributed by atoms with Gasteiger partial charge in [-0.1, -0.05) is 12.1 Å². The number of rotatable bonds is 9. The highest BCUT2D eigenvalue weighted by Crippen LogP contribution is 2.14. The van der Waals surface area contributed by atoms with E-state index < -0.39 is 0 Å². The molecule has 1 amide bonds. The first-order valence-corrected chi connectivity index (χ1v) is 9.24. The lowest BCUT2D eigenvalue weighted by Crippen LogP contribution is -2.39. The molecule has 0 unspecified atom stereocenters. The number of amides is 1. The van der Waals surface area contributed by atoms with Crippen LogP contribution in [-0.4, -0.2) is 49.6 Å². The number of benzene rings is 1. The Morgan fingerprint density at radius 2 is 2.15 bits per heavy atom. The predicted octanol–water partition coefficient (Wildman–Crippen LogP) is 2.77. The van der Waals surface area contributed by atoms with Gasteiger partial charge < -0.3 is 20.3 Å². The molecule has 0 saturated carbocycles. The van der Waals surface area contributed by atoms with Gasteiger partial charge in [0.25, 0.3) is 0 Å². The molecule has 2 rings (SSSR count). The number of ether oxygens (including phenoxy) is 1. The van der Waals surface area contributed by atoms with E-state index in [0.29, 0.717) is 19.6 Å². The van der Waals surface area contributed by atoms with Crippen molar-refractivity contribution in [2.45, 2.75) is 39.7 Å². The van der Waals surface area contributed by atoms with Crippen molar-refractivity contribution in [3.05, 3.63) is 29.8 Å². The Hall–Kier alpha value is -1.51. The standard InChI is InChI=1S/C19H30N4O2.HI/c1-3-20-19(21-11-7-13-23-12-6-10-18(23)24)22-15-16-8-5-9-17(14-16)25-4-2;/h5,8-9,14H,3-4,6-7,10-13,15H2,1-2H3,(H2,20,21,22);1H. The fraction of sp³-hybridized carbons (Fsp3) is 0.579. The van der Waals surface area contributed by atoms with Crippen LogP contribution in [0.2, 0.25) is 0 Å². The average molecular weight is 474 g/mol. The van der Waals surface area contributed by atoms with Gasteiger partial charge in [-0.2, -0.15) is 0 Å². The SMILES string of the molecule is CCNC(=NCc1cccc(OCC)c1)NCCCN1CCCC1=O.I. The van der Waals surface area contributed by atoms with E-state index in [4.69, 9.17) is 4.74 Å². The van der Waals surface area contributed by atoms with Gasteiger partial charge in [-0.05, 0) is 44.4 Å². The number of halogens is 1. The van der Waals surface area contributed by atoms with E-state index in [-0.39, 0.29) is 29.9 Å². The van der Waals surface area contributed by atoms with Crippen LogP contribution in [0.4, 0.5) is 0 Å². The number of carbonyl (C=O) groups is 1. The molecule has 26 heavy (non-hydrogen) atoms. The van der Waals surface area contributed by atoms with Gasteiger partial charge in [0.05, 0.1) is 13.2 Å². The summed E-state index contributed by atoms with van der Waals surface area (Å²) in [5.74, 6) is 1.97. The first-order valence-electron chi connectivity index (χ1n) is 9.24. The highest BCUT2D eigenvalue weighted by atomic mass is 127. The Labute approximate surface area is 173 Å². The van der Waals surface area contributed by atoms with Crippen molar-refractivity contribution in [3.8, 4) is 5.75 Å². The summed E-state index contributed by atoms with van der Waals surface area (Å²) in [5, 5.41) is 6.60. The first kappa shape index (κ1) is 22.5. The lowest BCUT2D eigenvalue weighted by molar-refractivity contribution is -0.127. The van der Waals surface area contributed by atoms with Crippen LogP contribution < -0.4 is 15.4 Å². The van der Waals surface area contributed by atoms with Gasteiger partial charge in [0.15, 0.2) is 5.96 Å². The number of hydrogen-bond acceptors (Lipinski definition) is 3. The van der Waals surface area contributed by atoms with Crippen molar-refractivity contribution in [1.82, 2.24) is 15.5 Å². The summed E-state index contributed by atoms with van der Waals surface area (Å²) >= 11 is 0. The summed E-state index contributed by atoms with van der Waals surface area (Å²) in [5.41, 5.74) is 1.12. The minimum absolute atomic E-state index is 0. The van der Waals surface area contributed by atoms with Crippen LogP contribution in [0, 0.1) is 0 Å². The van der Waals surface area contributed by atoms with Crippen LogP contribution in [0.1, 0.15) is 38.7 Å². The van der Waals surface area contributed by atoms with Gasteiger partial charge in [0.2, 0.25) is 5.91 Å². The molecule has 0 aromatic heterocycles. The molecule has 2 N–H and O–H groups in total. The van der Waals surface area contributed by atoms with Gasteiger partial charge in [-0.25, -0.2) is 4.99 Å². The number of aliphatic imine (C=N–C) groups is 1. The third-order valence-electron chi connectivity index (χ3n) is 4.04. The van der Waals surface area contributed by atoms with Crippen molar-refractivity contribution in [3.63, 3.8) is 0 Å². The van der Waals surface area contributed by atoms with E-state index in [1.165, 1.54) is 0 Å². The van der Waals surface area contributed by atoms with E-state index in [1.54, 1.807) is 0 Å². The second kappa shape index (κ2) is 12.8. The van der Waals surface area contributed by atoms with E-state index >= 15 is 0 Å². The molecule has 6 nitrogen and oxygen atoms in total. The quantitative estimate of drug-likeness (QED) is 0.250. The molecule has 1 saturated heterocycles. The number of hydrogen-bond donors (Lipinski definition) is 2. The Morgan fingerprint density at radius 3 is 2.85 bits per heavy atom. The molecule has 146 valence electrons. The van der Waals surface area contributed by atoms with Gasteiger partial charge >= 0.3 is 0 Å². The van der Waals surface area contributed by atoms with E-state index in [2.05, 4.69) is 28.6 Å². The van der Waals surface area contributed by atoms with Crippen molar-refractivity contribution < 1.29 is 9.53 Å². The largest absolute Gasteiger partial charge is 0.494 e. The third kappa shape index (κ3) is 7.80. The molecule has 1 aromatic rings. The number of likely N-dealkylation sites (tertiary alicyclic amines) is 1. The van der Waals surface area contributed by atoms with Crippen molar-refractivity contribution in [2.75, 3.05) is 32.8 Å². The molecule has 1 heterocycles. The predicted molar refractivity (Wildman–Crippen MR) is 116 cm³/mol. The molecule has 1 aliphatic rings. The van der Waals surface area contributed by atoms with Crippen molar-refractivity contribution in [2.24, 2.45) is 4.99 Å². The Balaban J connectivity index is 0.00000338. The molecule has 1 aromatic carbocycles. The minimum atomic E-state index is 0. The molecule has 1 aliphatic heterocycles. The van der Waals surface area contributed by atoms with Crippen LogP contribution in [0.5, 0.6) is 5.75 Å². The maximum atomic E-state index is 11.6. The lowest BCUT2D eigenvalue weighted by Gasteiger charge is -2.16. The molecular weight excluding hydrogens is 443 g/mol. The van der Waals surface area contributed by atoms with Gasteiger partial charge in [-0.3, -0.25) is 4.79 Å². The zero-order chi connectivity index (χ0) is 17.9. The summed E-state index contributed by atoms with van der Waals surface area (Å²) in [6, 6.07) is 8.02. The highest BCUT2D eigenvalue weighted by Gasteiger charge is 2.18. The maximum Gasteiger partial charge on any atom is 0.222 e. The normalized spacial score (nSPS) is 14.2. The molecular formula is C19H31IN4O2. The topological polar surface area (TPSA) is 66.0 Å². The number of carbonyl (C=O) groups excluding carboxylic acids is 1. The summed E-state index contributed by atoms with van der Waals surface area (Å²) < 4.78 is 5.53.